The van der Waals surface area contributed by atoms with Gasteiger partial charge in [-0.05, 0) is 72.9 Å². The third kappa shape index (κ3) is 7.45. The highest BCUT2D eigenvalue weighted by Crippen LogP contribution is 2.19. The summed E-state index contributed by atoms with van der Waals surface area (Å²) in [6.45, 7) is 5.17. The number of benzene rings is 3. The lowest BCUT2D eigenvalue weighted by Gasteiger charge is -2.28. The molecule has 2 N–H and O–H groups in total. The number of methoxy groups -OCH3 is 1. The molecule has 0 atom stereocenters. The predicted octanol–water partition coefficient (Wildman–Crippen LogP) is 5.68. The van der Waals surface area contributed by atoms with Crippen molar-refractivity contribution in [2.45, 2.75) is 26.8 Å². The molecule has 0 aliphatic carbocycles. The Kier molecular flexibility index (Phi) is 9.33. The highest BCUT2D eigenvalue weighted by molar-refractivity contribution is 5.92. The van der Waals surface area contributed by atoms with E-state index in [4.69, 9.17) is 4.74 Å². The number of aromatic nitrogens is 1. The number of H-pyrrole nitrogens is 1. The molecule has 3 amide bonds. The summed E-state index contributed by atoms with van der Waals surface area (Å²) < 4.78 is 18.7. The van der Waals surface area contributed by atoms with Gasteiger partial charge in [-0.15, -0.1) is 0 Å². The van der Waals surface area contributed by atoms with Crippen LogP contribution in [0.3, 0.4) is 0 Å². The number of para-hydroxylation sites is 1. The van der Waals surface area contributed by atoms with Gasteiger partial charge >= 0.3 is 6.03 Å². The van der Waals surface area contributed by atoms with E-state index in [0.29, 0.717) is 31.8 Å². The van der Waals surface area contributed by atoms with Crippen LogP contribution in [-0.4, -0.2) is 60.1 Å². The Bertz CT molecular complexity index is 1420. The molecule has 1 heterocycles. The van der Waals surface area contributed by atoms with Crippen LogP contribution in [0, 0.1) is 19.7 Å². The molecule has 0 aliphatic rings. The van der Waals surface area contributed by atoms with Crippen molar-refractivity contribution >= 4 is 28.5 Å². The number of hydrogen-bond acceptors (Lipinski definition) is 3. The van der Waals surface area contributed by atoms with Crippen molar-refractivity contribution in [2.24, 2.45) is 0 Å². The van der Waals surface area contributed by atoms with E-state index in [2.05, 4.69) is 16.4 Å². The van der Waals surface area contributed by atoms with Crippen LogP contribution < -0.4 is 5.32 Å². The lowest BCUT2D eigenvalue weighted by molar-refractivity contribution is -0.132. The van der Waals surface area contributed by atoms with Gasteiger partial charge in [-0.3, -0.25) is 4.79 Å². The Morgan fingerprint density at radius 3 is 2.46 bits per heavy atom. The van der Waals surface area contributed by atoms with Crippen LogP contribution in [0.15, 0.2) is 72.9 Å². The topological polar surface area (TPSA) is 77.7 Å². The number of aromatic amines is 1. The van der Waals surface area contributed by atoms with Crippen molar-refractivity contribution in [1.82, 2.24) is 14.8 Å². The molecule has 0 radical (unpaired) electrons. The second-order valence-corrected chi connectivity index (χ2v) is 9.69. The predicted molar refractivity (Wildman–Crippen MR) is 152 cm³/mol. The summed E-state index contributed by atoms with van der Waals surface area (Å²) in [5, 5.41) is 4.02. The number of halogens is 1. The van der Waals surface area contributed by atoms with Gasteiger partial charge in [-0.1, -0.05) is 36.4 Å². The van der Waals surface area contributed by atoms with Crippen LogP contribution in [0.1, 0.15) is 22.3 Å². The summed E-state index contributed by atoms with van der Waals surface area (Å²) in [4.78, 5) is 33.3. The molecule has 0 unspecified atom stereocenters. The molecule has 0 aliphatic heterocycles. The van der Waals surface area contributed by atoms with E-state index in [0.717, 1.165) is 33.2 Å². The number of nitrogens with one attached hydrogen (secondary N) is 2. The number of anilines is 1. The first-order valence-electron chi connectivity index (χ1n) is 13.0. The standard InChI is InChI=1S/C31H35FN4O3/c1-22-8-13-27(18-23(22)2)34-31(38)36(16-17-39-3)21-30(37)35(20-24-9-11-26(32)12-10-24)15-14-25-19-33-29-7-5-4-6-28(25)29/h4-13,18-19,33H,14-17,20-21H2,1-3H3,(H,34,38). The fraction of sp³-hybridized carbons (Fsp3) is 0.290. The second-order valence-electron chi connectivity index (χ2n) is 9.69. The zero-order valence-corrected chi connectivity index (χ0v) is 22.7. The first-order chi connectivity index (χ1) is 18.8. The zero-order valence-electron chi connectivity index (χ0n) is 22.7. The van der Waals surface area contributed by atoms with E-state index >= 15 is 0 Å². The van der Waals surface area contributed by atoms with Crippen molar-refractivity contribution in [3.05, 3.63) is 101 Å². The smallest absolute Gasteiger partial charge is 0.322 e. The minimum Gasteiger partial charge on any atom is -0.383 e. The van der Waals surface area contributed by atoms with Gasteiger partial charge in [-0.2, -0.15) is 0 Å². The molecule has 8 heteroatoms. The lowest BCUT2D eigenvalue weighted by Crippen LogP contribution is -2.46. The largest absolute Gasteiger partial charge is 0.383 e. The van der Waals surface area contributed by atoms with Crippen molar-refractivity contribution in [3.63, 3.8) is 0 Å². The molecule has 4 rings (SSSR count). The van der Waals surface area contributed by atoms with E-state index in [1.165, 1.54) is 17.0 Å². The van der Waals surface area contributed by atoms with Gasteiger partial charge in [0.25, 0.3) is 0 Å². The maximum absolute atomic E-state index is 13.6. The van der Waals surface area contributed by atoms with Crippen LogP contribution in [0.4, 0.5) is 14.9 Å². The summed E-state index contributed by atoms with van der Waals surface area (Å²) in [5.41, 5.74) is 5.82. The van der Waals surface area contributed by atoms with E-state index < -0.39 is 0 Å². The van der Waals surface area contributed by atoms with Gasteiger partial charge < -0.3 is 24.8 Å². The molecule has 0 saturated heterocycles. The number of nitrogens with zero attached hydrogens (tertiary/aromatic N) is 2. The van der Waals surface area contributed by atoms with Gasteiger partial charge in [0.1, 0.15) is 12.4 Å². The quantitative estimate of drug-likeness (QED) is 0.262. The molecule has 0 bridgehead atoms. The molecule has 0 fully saturated rings. The monoisotopic (exact) mass is 530 g/mol. The highest BCUT2D eigenvalue weighted by Gasteiger charge is 2.22. The maximum Gasteiger partial charge on any atom is 0.322 e. The van der Waals surface area contributed by atoms with Crippen LogP contribution in [0.25, 0.3) is 10.9 Å². The molecule has 1 aromatic heterocycles. The van der Waals surface area contributed by atoms with Crippen LogP contribution in [-0.2, 0) is 22.5 Å². The molecule has 0 spiro atoms. The average molecular weight is 531 g/mol. The SMILES string of the molecule is COCCN(CC(=O)N(CCc1c[nH]c2ccccc12)Cc1ccc(F)cc1)C(=O)Nc1ccc(C)c(C)c1. The third-order valence-corrected chi connectivity index (χ3v) is 6.90. The first kappa shape index (κ1) is 27.9. The van der Waals surface area contributed by atoms with Gasteiger partial charge in [-0.25, -0.2) is 9.18 Å². The maximum atomic E-state index is 13.6. The number of rotatable bonds is 11. The van der Waals surface area contributed by atoms with Gasteiger partial charge in [0.15, 0.2) is 0 Å². The summed E-state index contributed by atoms with van der Waals surface area (Å²) in [5.74, 6) is -0.533. The van der Waals surface area contributed by atoms with Gasteiger partial charge in [0.05, 0.1) is 6.61 Å². The summed E-state index contributed by atoms with van der Waals surface area (Å²) in [7, 11) is 1.56. The number of aryl methyl sites for hydroxylation is 2. The Labute approximate surface area is 228 Å². The zero-order chi connectivity index (χ0) is 27.8. The van der Waals surface area contributed by atoms with Crippen molar-refractivity contribution in [2.75, 3.05) is 38.7 Å². The van der Waals surface area contributed by atoms with Crippen LogP contribution >= 0.6 is 0 Å². The number of carbonyl (C=O) groups excluding carboxylic acids is 2. The number of fused-ring (bicyclic) bond motifs is 1. The molecular weight excluding hydrogens is 495 g/mol. The Balaban J connectivity index is 1.51. The lowest BCUT2D eigenvalue weighted by atomic mass is 10.1. The molecule has 3 aromatic carbocycles. The first-order valence-corrected chi connectivity index (χ1v) is 13.0. The van der Waals surface area contributed by atoms with Crippen LogP contribution in [0.5, 0.6) is 0 Å². The fourth-order valence-corrected chi connectivity index (χ4v) is 4.43. The average Bonchev–Trinajstić information content (AvgIpc) is 3.35. The Morgan fingerprint density at radius 1 is 0.949 bits per heavy atom. The fourth-order valence-electron chi connectivity index (χ4n) is 4.43. The molecular formula is C31H35FN4O3. The number of carbonyl (C=O) groups is 2. The van der Waals surface area contributed by atoms with Crippen molar-refractivity contribution < 1.29 is 18.7 Å². The third-order valence-electron chi connectivity index (χ3n) is 6.90. The number of urea groups is 1. The van der Waals surface area contributed by atoms with Gasteiger partial charge in [0.2, 0.25) is 5.91 Å². The van der Waals surface area contributed by atoms with Gasteiger partial charge in [0, 0.05) is 49.5 Å². The summed E-state index contributed by atoms with van der Waals surface area (Å²) >= 11 is 0. The second kappa shape index (κ2) is 13.1. The van der Waals surface area contributed by atoms with Crippen LogP contribution in [0.2, 0.25) is 0 Å². The molecule has 0 saturated carbocycles. The van der Waals surface area contributed by atoms with E-state index in [9.17, 15) is 14.0 Å². The minimum absolute atomic E-state index is 0.116. The molecule has 4 aromatic rings. The van der Waals surface area contributed by atoms with Crippen molar-refractivity contribution in [3.8, 4) is 0 Å². The Hall–Kier alpha value is -4.17. The molecule has 39 heavy (non-hydrogen) atoms. The number of hydrogen-bond donors (Lipinski definition) is 2. The van der Waals surface area contributed by atoms with E-state index in [-0.39, 0.29) is 30.8 Å². The molecule has 204 valence electrons. The normalized spacial score (nSPS) is 11.0. The number of amides is 3. The summed E-state index contributed by atoms with van der Waals surface area (Å²) in [6, 6.07) is 19.5. The van der Waals surface area contributed by atoms with Crippen molar-refractivity contribution in [1.29, 1.82) is 0 Å². The minimum atomic E-state index is -0.373. The summed E-state index contributed by atoms with van der Waals surface area (Å²) in [6.07, 6.45) is 2.59. The molecule has 7 nitrogen and oxygen atoms in total. The Morgan fingerprint density at radius 2 is 1.72 bits per heavy atom. The highest BCUT2D eigenvalue weighted by atomic mass is 19.1. The number of ether oxygens (including phenoxy) is 1. The van der Waals surface area contributed by atoms with E-state index in [1.807, 2.05) is 56.4 Å². The van der Waals surface area contributed by atoms with E-state index in [1.54, 1.807) is 24.1 Å².